The van der Waals surface area contributed by atoms with Gasteiger partial charge < -0.3 is 19.9 Å². The Morgan fingerprint density at radius 1 is 1.24 bits per heavy atom. The number of piperazine rings is 1. The molecule has 0 radical (unpaired) electrons. The van der Waals surface area contributed by atoms with Crippen molar-refractivity contribution in [1.29, 1.82) is 0 Å². The maximum Gasteiger partial charge on any atom is 0.317 e. The number of ether oxygens (including phenoxy) is 1. The first-order chi connectivity index (χ1) is 12.2. The lowest BCUT2D eigenvalue weighted by Gasteiger charge is -2.41. The van der Waals surface area contributed by atoms with Crippen molar-refractivity contribution in [3.8, 4) is 5.88 Å². The predicted molar refractivity (Wildman–Crippen MR) is 97.8 cm³/mol. The van der Waals surface area contributed by atoms with Crippen molar-refractivity contribution in [3.05, 3.63) is 54.2 Å². The third kappa shape index (κ3) is 4.02. The molecule has 3 rings (SSSR count). The molecule has 1 fully saturated rings. The molecule has 1 atom stereocenters. The van der Waals surface area contributed by atoms with Gasteiger partial charge in [-0.05, 0) is 25.1 Å². The molecule has 1 aliphatic heterocycles. The molecule has 1 aliphatic rings. The highest BCUT2D eigenvalue weighted by Crippen LogP contribution is 2.20. The van der Waals surface area contributed by atoms with Gasteiger partial charge in [0.05, 0.1) is 7.11 Å². The van der Waals surface area contributed by atoms with Gasteiger partial charge in [0.1, 0.15) is 0 Å². The zero-order chi connectivity index (χ0) is 17.6. The van der Waals surface area contributed by atoms with Gasteiger partial charge >= 0.3 is 6.03 Å². The number of rotatable bonds is 4. The van der Waals surface area contributed by atoms with Crippen molar-refractivity contribution in [2.24, 2.45) is 0 Å². The number of nitrogens with one attached hydrogen (secondary N) is 1. The fourth-order valence-electron chi connectivity index (χ4n) is 3.17. The van der Waals surface area contributed by atoms with Crippen LogP contribution < -0.4 is 15.0 Å². The van der Waals surface area contributed by atoms with Crippen LogP contribution in [0, 0.1) is 0 Å². The highest BCUT2D eigenvalue weighted by atomic mass is 16.5. The molecule has 1 aromatic carbocycles. The minimum atomic E-state index is -0.0505. The number of aromatic nitrogens is 1. The summed E-state index contributed by atoms with van der Waals surface area (Å²) in [5.74, 6) is 0.546. The number of hydrogen-bond acceptors (Lipinski definition) is 4. The molecule has 0 aliphatic carbocycles. The van der Waals surface area contributed by atoms with E-state index in [1.807, 2.05) is 35.2 Å². The van der Waals surface area contributed by atoms with Gasteiger partial charge in [0.25, 0.3) is 0 Å². The number of urea groups is 1. The SMILES string of the molecule is COc1ncccc1CNC(=O)N1CCN(c2ccccc2)C(C)C1. The van der Waals surface area contributed by atoms with E-state index >= 15 is 0 Å². The summed E-state index contributed by atoms with van der Waals surface area (Å²) in [6, 6.07) is 14.3. The summed E-state index contributed by atoms with van der Waals surface area (Å²) >= 11 is 0. The first-order valence-corrected chi connectivity index (χ1v) is 8.51. The molecule has 1 saturated heterocycles. The average molecular weight is 340 g/mol. The lowest BCUT2D eigenvalue weighted by Crippen LogP contribution is -2.55. The topological polar surface area (TPSA) is 57.7 Å². The van der Waals surface area contributed by atoms with E-state index in [0.717, 1.165) is 12.1 Å². The van der Waals surface area contributed by atoms with E-state index in [4.69, 9.17) is 4.74 Å². The Morgan fingerprint density at radius 2 is 2.04 bits per heavy atom. The second kappa shape index (κ2) is 7.88. The predicted octanol–water partition coefficient (Wildman–Crippen LogP) is 2.51. The van der Waals surface area contributed by atoms with E-state index in [0.29, 0.717) is 25.5 Å². The fraction of sp³-hybridized carbons (Fsp3) is 0.368. The first-order valence-electron chi connectivity index (χ1n) is 8.51. The molecular weight excluding hydrogens is 316 g/mol. The largest absolute Gasteiger partial charge is 0.481 e. The van der Waals surface area contributed by atoms with E-state index in [2.05, 4.69) is 34.3 Å². The second-order valence-electron chi connectivity index (χ2n) is 6.15. The smallest absolute Gasteiger partial charge is 0.317 e. The standard InChI is InChI=1S/C19H24N4O2/c1-15-14-22(11-12-23(15)17-8-4-3-5-9-17)19(24)21-13-16-7-6-10-20-18(16)25-2/h3-10,15H,11-14H2,1-2H3,(H,21,24). The zero-order valence-electron chi connectivity index (χ0n) is 14.7. The molecule has 1 unspecified atom stereocenters. The van der Waals surface area contributed by atoms with Crippen molar-refractivity contribution in [3.63, 3.8) is 0 Å². The molecule has 2 aromatic rings. The van der Waals surface area contributed by atoms with Gasteiger partial charge in [0, 0.05) is 49.7 Å². The van der Waals surface area contributed by atoms with Crippen LogP contribution in [0.4, 0.5) is 10.5 Å². The molecule has 6 heteroatoms. The van der Waals surface area contributed by atoms with Crippen molar-refractivity contribution < 1.29 is 9.53 Å². The van der Waals surface area contributed by atoms with E-state index < -0.39 is 0 Å². The third-order valence-electron chi connectivity index (χ3n) is 4.48. The van der Waals surface area contributed by atoms with Crippen LogP contribution in [0.1, 0.15) is 12.5 Å². The van der Waals surface area contributed by atoms with Gasteiger partial charge in [-0.3, -0.25) is 0 Å². The van der Waals surface area contributed by atoms with Gasteiger partial charge in [-0.1, -0.05) is 24.3 Å². The van der Waals surface area contributed by atoms with Crippen molar-refractivity contribution in [2.75, 3.05) is 31.6 Å². The highest BCUT2D eigenvalue weighted by molar-refractivity contribution is 5.74. The minimum Gasteiger partial charge on any atom is -0.481 e. The maximum absolute atomic E-state index is 12.5. The van der Waals surface area contributed by atoms with Gasteiger partial charge in [0.15, 0.2) is 0 Å². The van der Waals surface area contributed by atoms with Crippen molar-refractivity contribution in [2.45, 2.75) is 19.5 Å². The number of carbonyl (C=O) groups is 1. The van der Waals surface area contributed by atoms with E-state index in [-0.39, 0.29) is 12.1 Å². The highest BCUT2D eigenvalue weighted by Gasteiger charge is 2.26. The van der Waals surface area contributed by atoms with Crippen LogP contribution in [0.15, 0.2) is 48.7 Å². The van der Waals surface area contributed by atoms with Gasteiger partial charge in [0.2, 0.25) is 5.88 Å². The summed E-state index contributed by atoms with van der Waals surface area (Å²) in [5, 5.41) is 2.97. The van der Waals surface area contributed by atoms with Crippen LogP contribution in [0.3, 0.4) is 0 Å². The Labute approximate surface area is 148 Å². The second-order valence-corrected chi connectivity index (χ2v) is 6.15. The Morgan fingerprint density at radius 3 is 2.76 bits per heavy atom. The molecule has 1 aromatic heterocycles. The van der Waals surface area contributed by atoms with Crippen molar-refractivity contribution >= 4 is 11.7 Å². The van der Waals surface area contributed by atoms with Crippen LogP contribution in [-0.2, 0) is 6.54 Å². The fourth-order valence-corrected chi connectivity index (χ4v) is 3.17. The van der Waals surface area contributed by atoms with E-state index in [1.165, 1.54) is 5.69 Å². The average Bonchev–Trinajstić information content (AvgIpc) is 2.67. The Hall–Kier alpha value is -2.76. The van der Waals surface area contributed by atoms with Gasteiger partial charge in [-0.25, -0.2) is 9.78 Å². The molecule has 0 spiro atoms. The molecule has 6 nitrogen and oxygen atoms in total. The molecular formula is C19H24N4O2. The van der Waals surface area contributed by atoms with E-state index in [1.54, 1.807) is 13.3 Å². The van der Waals surface area contributed by atoms with Crippen LogP contribution >= 0.6 is 0 Å². The maximum atomic E-state index is 12.5. The number of carbonyl (C=O) groups excluding carboxylic acids is 1. The van der Waals surface area contributed by atoms with Crippen LogP contribution in [0.25, 0.3) is 0 Å². The molecule has 0 saturated carbocycles. The number of nitrogens with zero attached hydrogens (tertiary/aromatic N) is 3. The molecule has 2 heterocycles. The Bertz CT molecular complexity index is 708. The Balaban J connectivity index is 1.56. The number of anilines is 1. The molecule has 2 amide bonds. The number of para-hydroxylation sites is 1. The number of hydrogen-bond donors (Lipinski definition) is 1. The molecule has 25 heavy (non-hydrogen) atoms. The molecule has 0 bridgehead atoms. The number of benzene rings is 1. The monoisotopic (exact) mass is 340 g/mol. The zero-order valence-corrected chi connectivity index (χ0v) is 14.7. The van der Waals surface area contributed by atoms with E-state index in [9.17, 15) is 4.79 Å². The minimum absolute atomic E-state index is 0.0505. The summed E-state index contributed by atoms with van der Waals surface area (Å²) in [4.78, 5) is 20.9. The van der Waals surface area contributed by atoms with Crippen LogP contribution in [0.2, 0.25) is 0 Å². The van der Waals surface area contributed by atoms with Gasteiger partial charge in [-0.2, -0.15) is 0 Å². The van der Waals surface area contributed by atoms with Gasteiger partial charge in [-0.15, -0.1) is 0 Å². The van der Waals surface area contributed by atoms with Crippen LogP contribution in [0.5, 0.6) is 5.88 Å². The number of pyridine rings is 1. The number of amides is 2. The lowest BCUT2D eigenvalue weighted by atomic mass is 10.1. The van der Waals surface area contributed by atoms with Crippen molar-refractivity contribution in [1.82, 2.24) is 15.2 Å². The summed E-state index contributed by atoms with van der Waals surface area (Å²) in [6.45, 7) is 4.79. The molecule has 132 valence electrons. The third-order valence-corrected chi connectivity index (χ3v) is 4.48. The summed E-state index contributed by atoms with van der Waals surface area (Å²) in [7, 11) is 1.58. The first kappa shape index (κ1) is 17.1. The summed E-state index contributed by atoms with van der Waals surface area (Å²) in [6.07, 6.45) is 1.68. The Kier molecular flexibility index (Phi) is 5.38. The summed E-state index contributed by atoms with van der Waals surface area (Å²) in [5.41, 5.74) is 2.07. The molecule has 1 N–H and O–H groups in total. The lowest BCUT2D eigenvalue weighted by molar-refractivity contribution is 0.186. The summed E-state index contributed by atoms with van der Waals surface area (Å²) < 4.78 is 5.22. The normalized spacial score (nSPS) is 17.3. The van der Waals surface area contributed by atoms with Crippen LogP contribution in [-0.4, -0.2) is 48.7 Å². The number of methoxy groups -OCH3 is 1. The quantitative estimate of drug-likeness (QED) is 0.929.